The monoisotopic (exact) mass is 281 g/mol. The molecule has 0 aromatic carbocycles. The summed E-state index contributed by atoms with van der Waals surface area (Å²) < 4.78 is 4.82. The molecule has 0 fully saturated rings. The van der Waals surface area contributed by atoms with Gasteiger partial charge < -0.3 is 20.7 Å². The van der Waals surface area contributed by atoms with Crippen LogP contribution in [0.15, 0.2) is 12.1 Å². The summed E-state index contributed by atoms with van der Waals surface area (Å²) in [5, 5.41) is 15.7. The van der Waals surface area contributed by atoms with E-state index in [-0.39, 0.29) is 17.5 Å². The van der Waals surface area contributed by atoms with Gasteiger partial charge in [-0.3, -0.25) is 9.59 Å². The second-order valence-corrected chi connectivity index (χ2v) is 3.90. The summed E-state index contributed by atoms with van der Waals surface area (Å²) in [6.07, 6.45) is 0.322. The van der Waals surface area contributed by atoms with Gasteiger partial charge in [-0.1, -0.05) is 0 Å². The van der Waals surface area contributed by atoms with E-state index >= 15 is 0 Å². The molecule has 0 radical (unpaired) electrons. The van der Waals surface area contributed by atoms with Crippen LogP contribution in [-0.4, -0.2) is 55.9 Å². The molecule has 8 heteroatoms. The molecule has 3 N–H and O–H groups in total. The number of ether oxygens (including phenoxy) is 1. The van der Waals surface area contributed by atoms with E-state index in [4.69, 9.17) is 4.74 Å². The van der Waals surface area contributed by atoms with Gasteiger partial charge in [0, 0.05) is 33.7 Å². The van der Waals surface area contributed by atoms with Crippen LogP contribution in [0.4, 0.5) is 5.82 Å². The maximum Gasteiger partial charge on any atom is 0.271 e. The Balaban J connectivity index is 2.28. The van der Waals surface area contributed by atoms with Crippen molar-refractivity contribution in [1.29, 1.82) is 0 Å². The Morgan fingerprint density at radius 1 is 1.25 bits per heavy atom. The second kappa shape index (κ2) is 8.81. The van der Waals surface area contributed by atoms with Crippen LogP contribution in [0.25, 0.3) is 0 Å². The quantitative estimate of drug-likeness (QED) is 0.550. The number of rotatable bonds is 8. The lowest BCUT2D eigenvalue weighted by atomic mass is 10.3. The Labute approximate surface area is 117 Å². The number of anilines is 1. The molecular weight excluding hydrogens is 262 g/mol. The largest absolute Gasteiger partial charge is 0.383 e. The zero-order valence-electron chi connectivity index (χ0n) is 11.6. The summed E-state index contributed by atoms with van der Waals surface area (Å²) in [5.41, 5.74) is 0.246. The summed E-state index contributed by atoms with van der Waals surface area (Å²) in [4.78, 5) is 22.7. The third-order valence-electron chi connectivity index (χ3n) is 2.41. The van der Waals surface area contributed by atoms with Gasteiger partial charge in [0.05, 0.1) is 6.61 Å². The summed E-state index contributed by atoms with van der Waals surface area (Å²) in [6.45, 7) is 1.42. The van der Waals surface area contributed by atoms with Gasteiger partial charge in [0.2, 0.25) is 5.91 Å². The predicted molar refractivity (Wildman–Crippen MR) is 73.4 cm³/mol. The van der Waals surface area contributed by atoms with Crippen LogP contribution in [-0.2, 0) is 9.53 Å². The Hall–Kier alpha value is -2.22. The van der Waals surface area contributed by atoms with Crippen molar-refractivity contribution in [3.63, 3.8) is 0 Å². The van der Waals surface area contributed by atoms with Gasteiger partial charge in [-0.2, -0.15) is 0 Å². The molecule has 0 spiro atoms. The van der Waals surface area contributed by atoms with Crippen LogP contribution in [0.3, 0.4) is 0 Å². The molecule has 0 bridgehead atoms. The molecule has 1 aromatic rings. The first-order chi connectivity index (χ1) is 9.67. The summed E-state index contributed by atoms with van der Waals surface area (Å²) in [6, 6.07) is 3.20. The van der Waals surface area contributed by atoms with E-state index in [1.807, 2.05) is 0 Å². The number of carbonyl (C=O) groups excluding carboxylic acids is 2. The SMILES string of the molecule is CNC(=O)c1ccc(NCCC(=O)NCCOC)nn1. The molecule has 2 amide bonds. The van der Waals surface area contributed by atoms with Crippen LogP contribution in [0, 0.1) is 0 Å². The highest BCUT2D eigenvalue weighted by Crippen LogP contribution is 2.01. The summed E-state index contributed by atoms with van der Waals surface area (Å²) in [7, 11) is 3.10. The normalized spacial score (nSPS) is 9.90. The minimum absolute atomic E-state index is 0.0653. The Kier molecular flexibility index (Phi) is 6.97. The van der Waals surface area contributed by atoms with E-state index in [0.29, 0.717) is 31.9 Å². The van der Waals surface area contributed by atoms with Crippen molar-refractivity contribution in [2.45, 2.75) is 6.42 Å². The van der Waals surface area contributed by atoms with Gasteiger partial charge in [-0.25, -0.2) is 0 Å². The van der Waals surface area contributed by atoms with Crippen LogP contribution >= 0.6 is 0 Å². The molecule has 20 heavy (non-hydrogen) atoms. The van der Waals surface area contributed by atoms with Crippen molar-refractivity contribution >= 4 is 17.6 Å². The molecule has 1 heterocycles. The topological polar surface area (TPSA) is 105 Å². The van der Waals surface area contributed by atoms with Crippen molar-refractivity contribution < 1.29 is 14.3 Å². The average molecular weight is 281 g/mol. The van der Waals surface area contributed by atoms with E-state index < -0.39 is 0 Å². The highest BCUT2D eigenvalue weighted by molar-refractivity contribution is 5.91. The number of carbonyl (C=O) groups is 2. The molecule has 8 nitrogen and oxygen atoms in total. The van der Waals surface area contributed by atoms with Gasteiger partial charge in [0.1, 0.15) is 5.82 Å². The minimum Gasteiger partial charge on any atom is -0.383 e. The van der Waals surface area contributed by atoms with E-state index in [1.54, 1.807) is 19.2 Å². The lowest BCUT2D eigenvalue weighted by molar-refractivity contribution is -0.121. The summed E-state index contributed by atoms with van der Waals surface area (Å²) >= 11 is 0. The van der Waals surface area contributed by atoms with E-state index in [0.717, 1.165) is 0 Å². The van der Waals surface area contributed by atoms with E-state index in [2.05, 4.69) is 26.1 Å². The minimum atomic E-state index is -0.290. The lowest BCUT2D eigenvalue weighted by Crippen LogP contribution is -2.28. The van der Waals surface area contributed by atoms with Crippen molar-refractivity contribution in [3.8, 4) is 0 Å². The first-order valence-corrected chi connectivity index (χ1v) is 6.22. The number of nitrogens with one attached hydrogen (secondary N) is 3. The van der Waals surface area contributed by atoms with Gasteiger partial charge >= 0.3 is 0 Å². The second-order valence-electron chi connectivity index (χ2n) is 3.90. The first kappa shape index (κ1) is 15.8. The molecule has 0 aliphatic rings. The van der Waals surface area contributed by atoms with Crippen LogP contribution in [0.2, 0.25) is 0 Å². The van der Waals surface area contributed by atoms with E-state index in [9.17, 15) is 9.59 Å². The fourth-order valence-electron chi connectivity index (χ4n) is 1.36. The number of aromatic nitrogens is 2. The number of amides is 2. The molecule has 0 aliphatic heterocycles. The third kappa shape index (κ3) is 5.61. The number of hydrogen-bond donors (Lipinski definition) is 3. The van der Waals surface area contributed by atoms with Crippen molar-refractivity contribution in [1.82, 2.24) is 20.8 Å². The Morgan fingerprint density at radius 2 is 2.05 bits per heavy atom. The van der Waals surface area contributed by atoms with Crippen LogP contribution in [0.5, 0.6) is 0 Å². The van der Waals surface area contributed by atoms with E-state index in [1.165, 1.54) is 7.05 Å². The molecule has 0 atom stereocenters. The average Bonchev–Trinajstić information content (AvgIpc) is 2.47. The standard InChI is InChI=1S/C12H19N5O3/c1-13-12(19)9-3-4-10(17-16-9)14-6-5-11(18)15-7-8-20-2/h3-4H,5-8H2,1-2H3,(H,13,19)(H,14,17)(H,15,18). The number of methoxy groups -OCH3 is 1. The summed E-state index contributed by atoms with van der Waals surface area (Å²) in [5.74, 6) is 0.161. The third-order valence-corrected chi connectivity index (χ3v) is 2.41. The van der Waals surface area contributed by atoms with Crippen molar-refractivity contribution in [3.05, 3.63) is 17.8 Å². The Morgan fingerprint density at radius 3 is 2.65 bits per heavy atom. The van der Waals surface area contributed by atoms with Crippen molar-refractivity contribution in [2.24, 2.45) is 0 Å². The highest BCUT2D eigenvalue weighted by atomic mass is 16.5. The zero-order chi connectivity index (χ0) is 14.8. The predicted octanol–water partition coefficient (Wildman–Crippen LogP) is -0.599. The molecule has 110 valence electrons. The van der Waals surface area contributed by atoms with Gasteiger partial charge in [-0.15, -0.1) is 10.2 Å². The van der Waals surface area contributed by atoms with Gasteiger partial charge in [0.15, 0.2) is 5.69 Å². The molecule has 0 unspecified atom stereocenters. The molecule has 1 rings (SSSR count). The molecule has 0 saturated carbocycles. The van der Waals surface area contributed by atoms with Gasteiger partial charge in [0.25, 0.3) is 5.91 Å². The maximum absolute atomic E-state index is 11.4. The van der Waals surface area contributed by atoms with Crippen LogP contribution < -0.4 is 16.0 Å². The van der Waals surface area contributed by atoms with Crippen molar-refractivity contribution in [2.75, 3.05) is 39.2 Å². The molecule has 0 aliphatic carbocycles. The first-order valence-electron chi connectivity index (χ1n) is 6.22. The van der Waals surface area contributed by atoms with Gasteiger partial charge in [-0.05, 0) is 12.1 Å². The lowest BCUT2D eigenvalue weighted by Gasteiger charge is -2.06. The maximum atomic E-state index is 11.4. The molecule has 1 aromatic heterocycles. The fraction of sp³-hybridized carbons (Fsp3) is 0.500. The number of nitrogens with zero attached hydrogens (tertiary/aromatic N) is 2. The number of hydrogen-bond acceptors (Lipinski definition) is 6. The highest BCUT2D eigenvalue weighted by Gasteiger charge is 2.05. The molecule has 0 saturated heterocycles. The fourth-order valence-corrected chi connectivity index (χ4v) is 1.36. The smallest absolute Gasteiger partial charge is 0.271 e. The molecular formula is C12H19N5O3. The Bertz CT molecular complexity index is 435. The zero-order valence-corrected chi connectivity index (χ0v) is 11.6. The van der Waals surface area contributed by atoms with Crippen LogP contribution in [0.1, 0.15) is 16.9 Å².